The summed E-state index contributed by atoms with van der Waals surface area (Å²) in [4.78, 5) is 25.9. The Bertz CT molecular complexity index is 1400. The molecule has 0 aliphatic rings. The van der Waals surface area contributed by atoms with Crippen LogP contribution in [0.5, 0.6) is 0 Å². The standard InChI is InChI=1S/C20H23N3O3.C2F6NO4S2/c1-3-4-5-17-8-10-23(11-9-17)12-13-26-20(25)22-18-7-6-16(2)19(14-18)21-15-24;3-1(4,5)14(10,11)9-15(12,13)2(6,7)8/h6-11,14H,3-5,12-13H2,1-2H3;/q;-1/p+1. The second kappa shape index (κ2) is 14.9. The number of aliphatic imine (C=N–C) groups is 1. The maximum Gasteiger partial charge on any atom is 0.480 e. The van der Waals surface area contributed by atoms with Gasteiger partial charge in [-0.3, -0.25) is 5.32 Å². The zero-order valence-electron chi connectivity index (χ0n) is 21.4. The number of pyridine rings is 1. The van der Waals surface area contributed by atoms with Crippen molar-refractivity contribution in [1.82, 2.24) is 0 Å². The lowest BCUT2D eigenvalue weighted by Gasteiger charge is -2.22. The van der Waals surface area contributed by atoms with Gasteiger partial charge in [-0.1, -0.05) is 19.4 Å². The molecule has 1 aromatic carbocycles. The number of ether oxygens (including phenoxy) is 1. The fourth-order valence-corrected chi connectivity index (χ4v) is 4.36. The number of hydrogen-bond acceptors (Lipinski definition) is 8. The van der Waals surface area contributed by atoms with Crippen LogP contribution in [0.15, 0.2) is 47.7 Å². The molecule has 228 valence electrons. The summed E-state index contributed by atoms with van der Waals surface area (Å²) in [5.74, 6) is 0. The highest BCUT2D eigenvalue weighted by molar-refractivity contribution is 8.13. The maximum atomic E-state index is 11.9. The van der Waals surface area contributed by atoms with E-state index in [9.17, 15) is 52.8 Å². The van der Waals surface area contributed by atoms with Gasteiger partial charge >= 0.3 is 17.1 Å². The number of carbonyl (C=O) groups is 1. The maximum absolute atomic E-state index is 11.9. The minimum Gasteiger partial charge on any atom is -0.443 e. The smallest absolute Gasteiger partial charge is 0.443 e. The van der Waals surface area contributed by atoms with E-state index < -0.39 is 37.2 Å². The Balaban J connectivity index is 0.000000479. The van der Waals surface area contributed by atoms with E-state index in [2.05, 4.69) is 29.4 Å². The molecule has 0 saturated carbocycles. The molecule has 0 aliphatic carbocycles. The van der Waals surface area contributed by atoms with Crippen molar-refractivity contribution in [2.45, 2.75) is 50.7 Å². The zero-order valence-corrected chi connectivity index (χ0v) is 23.0. The largest absolute Gasteiger partial charge is 0.480 e. The van der Waals surface area contributed by atoms with Gasteiger partial charge in [0.15, 0.2) is 45.6 Å². The van der Waals surface area contributed by atoms with Gasteiger partial charge in [0, 0.05) is 17.8 Å². The van der Waals surface area contributed by atoms with E-state index >= 15 is 0 Å². The van der Waals surface area contributed by atoms with E-state index in [0.717, 1.165) is 16.1 Å². The van der Waals surface area contributed by atoms with Crippen molar-refractivity contribution < 1.29 is 62.1 Å². The van der Waals surface area contributed by atoms with E-state index in [1.807, 2.05) is 23.9 Å². The third-order valence-corrected chi connectivity index (χ3v) is 7.50. The fourth-order valence-electron chi connectivity index (χ4n) is 2.65. The molecule has 0 unspecified atom stereocenters. The van der Waals surface area contributed by atoms with Crippen LogP contribution < -0.4 is 9.88 Å². The minimum absolute atomic E-state index is 0.260. The molecule has 0 spiro atoms. The van der Waals surface area contributed by atoms with Crippen LogP contribution >= 0.6 is 0 Å². The molecule has 0 radical (unpaired) electrons. The van der Waals surface area contributed by atoms with Gasteiger partial charge in [-0.05, 0) is 43.0 Å². The predicted molar refractivity (Wildman–Crippen MR) is 132 cm³/mol. The Morgan fingerprint density at radius 1 is 1.02 bits per heavy atom. The van der Waals surface area contributed by atoms with E-state index in [-0.39, 0.29) is 6.61 Å². The van der Waals surface area contributed by atoms with Crippen molar-refractivity contribution in [3.05, 3.63) is 58.0 Å². The van der Waals surface area contributed by atoms with Gasteiger partial charge < -0.3 is 8.86 Å². The van der Waals surface area contributed by atoms with Gasteiger partial charge in [-0.2, -0.15) is 31.3 Å². The Labute approximate surface area is 231 Å². The normalized spacial score (nSPS) is 12.0. The molecule has 0 aliphatic heterocycles. The fraction of sp³-hybridized carbons (Fsp3) is 0.409. The summed E-state index contributed by atoms with van der Waals surface area (Å²) in [5.41, 5.74) is -9.28. The van der Waals surface area contributed by atoms with Crippen molar-refractivity contribution in [2.24, 2.45) is 4.99 Å². The highest BCUT2D eigenvalue weighted by Gasteiger charge is 2.46. The average Bonchev–Trinajstić information content (AvgIpc) is 2.84. The molecule has 0 saturated heterocycles. The third-order valence-electron chi connectivity index (χ3n) is 4.76. The number of hydrogen-bond donors (Lipinski definition) is 1. The molecule has 0 fully saturated rings. The molecule has 2 rings (SSSR count). The second-order valence-corrected chi connectivity index (χ2v) is 11.4. The zero-order chi connectivity index (χ0) is 31.5. The van der Waals surface area contributed by atoms with E-state index in [0.29, 0.717) is 17.9 Å². The number of halogens is 6. The molecule has 1 aromatic heterocycles. The number of isocyanates is 1. The van der Waals surface area contributed by atoms with E-state index in [1.165, 1.54) is 24.5 Å². The summed E-state index contributed by atoms with van der Waals surface area (Å²) in [6.45, 7) is 4.84. The number of carbonyl (C=O) groups excluding carboxylic acids is 2. The molecular weight excluding hydrogens is 610 g/mol. The lowest BCUT2D eigenvalue weighted by molar-refractivity contribution is -0.697. The first kappa shape index (κ1) is 35.5. The van der Waals surface area contributed by atoms with Gasteiger partial charge in [0.2, 0.25) is 6.08 Å². The summed E-state index contributed by atoms with van der Waals surface area (Å²) in [5, 5.41) is 2.63. The molecule has 1 N–H and O–H groups in total. The number of benzene rings is 1. The monoisotopic (exact) mass is 634 g/mol. The number of nitrogens with one attached hydrogen (secondary N) is 1. The molecule has 2 aromatic rings. The van der Waals surface area contributed by atoms with Crippen molar-refractivity contribution in [2.75, 3.05) is 11.9 Å². The van der Waals surface area contributed by atoms with Crippen LogP contribution in [0.4, 0.5) is 42.5 Å². The number of aryl methyl sites for hydroxylation is 2. The number of sulfonamides is 2. The summed E-state index contributed by atoms with van der Waals surface area (Å²) in [7, 11) is -13.4. The SMILES string of the molecule is CCCCc1cc[n+](CCOC(=O)Nc2ccc(C)c(N=C=O)c2)cc1.O=S(=O)([N-]S(=O)(=O)C(F)(F)F)C(F)(F)F. The summed E-state index contributed by atoms with van der Waals surface area (Å²) < 4.78 is 116. The predicted octanol–water partition coefficient (Wildman–Crippen LogP) is 4.90. The number of anilines is 1. The van der Waals surface area contributed by atoms with Gasteiger partial charge in [0.25, 0.3) is 0 Å². The molecule has 1 amide bonds. The number of amides is 1. The number of nitrogens with zero attached hydrogens (tertiary/aromatic N) is 3. The Hall–Kier alpha value is -3.54. The van der Waals surface area contributed by atoms with E-state index in [1.54, 1.807) is 18.2 Å². The van der Waals surface area contributed by atoms with Crippen molar-refractivity contribution in [1.29, 1.82) is 0 Å². The van der Waals surface area contributed by atoms with Gasteiger partial charge in [-0.25, -0.2) is 31.0 Å². The number of alkyl halides is 6. The van der Waals surface area contributed by atoms with Crippen LogP contribution in [0.25, 0.3) is 4.13 Å². The Morgan fingerprint density at radius 2 is 1.59 bits per heavy atom. The highest BCUT2D eigenvalue weighted by Crippen LogP contribution is 2.36. The lowest BCUT2D eigenvalue weighted by Crippen LogP contribution is -2.36. The quantitative estimate of drug-likeness (QED) is 0.169. The van der Waals surface area contributed by atoms with Crippen LogP contribution in [0, 0.1) is 6.92 Å². The highest BCUT2D eigenvalue weighted by atomic mass is 32.3. The second-order valence-electron chi connectivity index (χ2n) is 7.93. The van der Waals surface area contributed by atoms with E-state index in [4.69, 9.17) is 4.74 Å². The van der Waals surface area contributed by atoms with Crippen LogP contribution in [-0.4, -0.2) is 46.6 Å². The Kier molecular flexibility index (Phi) is 12.9. The first-order chi connectivity index (χ1) is 18.8. The van der Waals surface area contributed by atoms with Crippen molar-refractivity contribution >= 4 is 43.6 Å². The first-order valence-corrected chi connectivity index (χ1v) is 14.2. The summed E-state index contributed by atoms with van der Waals surface area (Å²) in [6, 6.07) is 9.28. The molecule has 11 nitrogen and oxygen atoms in total. The number of aromatic nitrogens is 1. The molecule has 19 heteroatoms. The first-order valence-electron chi connectivity index (χ1n) is 11.3. The summed E-state index contributed by atoms with van der Waals surface area (Å²) >= 11 is 0. The number of unbranched alkanes of at least 4 members (excludes halogenated alkanes) is 1. The van der Waals surface area contributed by atoms with Gasteiger partial charge in [0.1, 0.15) is 0 Å². The van der Waals surface area contributed by atoms with Crippen LogP contribution in [-0.2, 0) is 42.5 Å². The molecular formula is C22H24F6N4O7S2. The molecule has 41 heavy (non-hydrogen) atoms. The molecule has 0 bridgehead atoms. The number of rotatable bonds is 10. The van der Waals surface area contributed by atoms with Crippen LogP contribution in [0.1, 0.15) is 30.9 Å². The van der Waals surface area contributed by atoms with Crippen LogP contribution in [0.3, 0.4) is 0 Å². The van der Waals surface area contributed by atoms with Crippen LogP contribution in [0.2, 0.25) is 0 Å². The topological polar surface area (TPSA) is 154 Å². The average molecular weight is 635 g/mol. The van der Waals surface area contributed by atoms with Crippen molar-refractivity contribution in [3.8, 4) is 0 Å². The van der Waals surface area contributed by atoms with Crippen molar-refractivity contribution in [3.63, 3.8) is 0 Å². The lowest BCUT2D eigenvalue weighted by atomic mass is 10.1. The van der Waals surface area contributed by atoms with Gasteiger partial charge in [-0.15, -0.1) is 0 Å². The minimum atomic E-state index is -6.72. The Morgan fingerprint density at radius 3 is 2.07 bits per heavy atom. The van der Waals surface area contributed by atoms with Gasteiger partial charge in [0.05, 0.1) is 5.69 Å². The summed E-state index contributed by atoms with van der Waals surface area (Å²) in [6.07, 6.45) is 8.40. The third kappa shape index (κ3) is 11.8. The molecule has 1 heterocycles. The molecule has 0 atom stereocenters.